The van der Waals surface area contributed by atoms with Crippen molar-refractivity contribution in [2.45, 2.75) is 12.5 Å². The third-order valence-corrected chi connectivity index (χ3v) is 7.80. The molecule has 4 aromatic rings. The van der Waals surface area contributed by atoms with Gasteiger partial charge < -0.3 is 9.72 Å². The number of amides is 1. The molecule has 0 saturated carbocycles. The van der Waals surface area contributed by atoms with Gasteiger partial charge in [-0.2, -0.15) is 5.10 Å². The molecule has 9 heteroatoms. The molecule has 2 aliphatic rings. The molecule has 198 valence electrons. The summed E-state index contributed by atoms with van der Waals surface area (Å²) < 4.78 is 5.44. The Bertz CT molecular complexity index is 1630. The molecule has 0 spiro atoms. The lowest BCUT2D eigenvalue weighted by Crippen LogP contribution is -2.43. The van der Waals surface area contributed by atoms with Crippen molar-refractivity contribution in [3.05, 3.63) is 104 Å². The Labute approximate surface area is 235 Å². The third kappa shape index (κ3) is 5.11. The Morgan fingerprint density at radius 2 is 1.72 bits per heavy atom. The number of aromatic nitrogens is 1. The smallest absolute Gasteiger partial charge is 0.258 e. The first-order valence-corrected chi connectivity index (χ1v) is 13.6. The van der Waals surface area contributed by atoms with Crippen molar-refractivity contribution < 1.29 is 9.53 Å². The summed E-state index contributed by atoms with van der Waals surface area (Å²) in [7, 11) is 0. The van der Waals surface area contributed by atoms with Crippen molar-refractivity contribution in [1.82, 2.24) is 14.9 Å². The van der Waals surface area contributed by atoms with Crippen LogP contribution >= 0.6 is 23.2 Å². The van der Waals surface area contributed by atoms with E-state index in [-0.39, 0.29) is 18.0 Å². The molecule has 3 aromatic carbocycles. The summed E-state index contributed by atoms with van der Waals surface area (Å²) in [6, 6.07) is 22.1. The van der Waals surface area contributed by atoms with E-state index in [9.17, 15) is 9.59 Å². The largest absolute Gasteiger partial charge is 0.379 e. The Morgan fingerprint density at radius 1 is 0.974 bits per heavy atom. The molecule has 1 atom stereocenters. The van der Waals surface area contributed by atoms with Gasteiger partial charge in [-0.05, 0) is 35.4 Å². The molecule has 39 heavy (non-hydrogen) atoms. The number of hydrogen-bond donors (Lipinski definition) is 1. The second-order valence-electron chi connectivity index (χ2n) is 9.68. The molecule has 1 saturated heterocycles. The van der Waals surface area contributed by atoms with Gasteiger partial charge in [-0.25, -0.2) is 5.01 Å². The lowest BCUT2D eigenvalue weighted by atomic mass is 9.91. The van der Waals surface area contributed by atoms with Gasteiger partial charge in [-0.1, -0.05) is 71.7 Å². The van der Waals surface area contributed by atoms with Crippen LogP contribution in [-0.4, -0.2) is 59.4 Å². The Morgan fingerprint density at radius 3 is 2.49 bits per heavy atom. The van der Waals surface area contributed by atoms with Gasteiger partial charge >= 0.3 is 0 Å². The van der Waals surface area contributed by atoms with Gasteiger partial charge in [0.1, 0.15) is 0 Å². The SMILES string of the molecule is O=C(CN1CCOCC1)N1N=C(c2c(-c3ccccc3)c3cc(Cl)ccc3[nH]c2=O)CC1c1ccccc1Cl. The van der Waals surface area contributed by atoms with E-state index in [0.717, 1.165) is 22.1 Å². The number of H-pyrrole nitrogens is 1. The summed E-state index contributed by atoms with van der Waals surface area (Å²) in [5.41, 5.74) is 3.73. The number of halogens is 2. The fourth-order valence-corrected chi connectivity index (χ4v) is 5.78. The van der Waals surface area contributed by atoms with Crippen molar-refractivity contribution in [2.24, 2.45) is 5.10 Å². The maximum Gasteiger partial charge on any atom is 0.258 e. The highest BCUT2D eigenvalue weighted by Crippen LogP contribution is 2.39. The lowest BCUT2D eigenvalue weighted by Gasteiger charge is -2.29. The van der Waals surface area contributed by atoms with Gasteiger partial charge in [-0.3, -0.25) is 14.5 Å². The van der Waals surface area contributed by atoms with Gasteiger partial charge in [-0.15, -0.1) is 0 Å². The molecule has 0 aliphatic carbocycles. The van der Waals surface area contributed by atoms with Crippen molar-refractivity contribution in [2.75, 3.05) is 32.8 Å². The first-order valence-electron chi connectivity index (χ1n) is 12.8. The van der Waals surface area contributed by atoms with Crippen molar-refractivity contribution in [3.8, 4) is 11.1 Å². The molecule has 1 fully saturated rings. The van der Waals surface area contributed by atoms with E-state index in [1.54, 1.807) is 18.2 Å². The number of nitrogens with one attached hydrogen (secondary N) is 1. The minimum atomic E-state index is -0.444. The Balaban J connectivity index is 1.50. The van der Waals surface area contributed by atoms with E-state index < -0.39 is 6.04 Å². The van der Waals surface area contributed by atoms with Crippen LogP contribution in [0.4, 0.5) is 0 Å². The number of nitrogens with zero attached hydrogens (tertiary/aromatic N) is 3. The molecule has 3 heterocycles. The van der Waals surface area contributed by atoms with Crippen LogP contribution in [0, 0.1) is 0 Å². The standard InChI is InChI=1S/C30H26Cl2N4O3/c31-20-10-11-24-22(16-20)28(19-6-2-1-3-7-19)29(30(38)33-24)25-17-26(21-8-4-5-9-23(21)32)36(34-25)27(37)18-35-12-14-39-15-13-35/h1-11,16,26H,12-15,17-18H2,(H,33,38). The summed E-state index contributed by atoms with van der Waals surface area (Å²) in [5.74, 6) is -0.154. The monoisotopic (exact) mass is 560 g/mol. The number of ether oxygens (including phenoxy) is 1. The minimum Gasteiger partial charge on any atom is -0.379 e. The maximum atomic E-state index is 13.7. The summed E-state index contributed by atoms with van der Waals surface area (Å²) in [4.78, 5) is 32.4. The van der Waals surface area contributed by atoms with E-state index in [1.165, 1.54) is 5.01 Å². The zero-order valence-corrected chi connectivity index (χ0v) is 22.6. The quantitative estimate of drug-likeness (QED) is 0.349. The average Bonchev–Trinajstić information content (AvgIpc) is 3.39. The molecule has 7 nitrogen and oxygen atoms in total. The maximum absolute atomic E-state index is 13.7. The first kappa shape index (κ1) is 25.8. The van der Waals surface area contributed by atoms with Crippen LogP contribution in [0.1, 0.15) is 23.6 Å². The summed E-state index contributed by atoms with van der Waals surface area (Å²) in [6.07, 6.45) is 0.341. The van der Waals surface area contributed by atoms with Gasteiger partial charge in [0.15, 0.2) is 0 Å². The first-order chi connectivity index (χ1) is 19.0. The van der Waals surface area contributed by atoms with Crippen molar-refractivity contribution in [1.29, 1.82) is 0 Å². The number of hydrogen-bond acceptors (Lipinski definition) is 5. The van der Waals surface area contributed by atoms with Crippen LogP contribution in [0.3, 0.4) is 0 Å². The molecule has 6 rings (SSSR count). The van der Waals surface area contributed by atoms with Gasteiger partial charge in [0.05, 0.1) is 37.1 Å². The van der Waals surface area contributed by atoms with Crippen LogP contribution < -0.4 is 5.56 Å². The molecular weight excluding hydrogens is 535 g/mol. The number of carbonyl (C=O) groups excluding carboxylic acids is 1. The number of pyridine rings is 1. The Kier molecular flexibility index (Phi) is 7.23. The van der Waals surface area contributed by atoms with Crippen LogP contribution in [0.25, 0.3) is 22.0 Å². The fourth-order valence-electron chi connectivity index (χ4n) is 5.35. The van der Waals surface area contributed by atoms with E-state index >= 15 is 0 Å². The highest BCUT2D eigenvalue weighted by Gasteiger charge is 2.37. The average molecular weight is 561 g/mol. The van der Waals surface area contributed by atoms with Crippen molar-refractivity contribution >= 4 is 45.7 Å². The van der Waals surface area contributed by atoms with Crippen LogP contribution in [0.2, 0.25) is 10.0 Å². The Hall–Kier alpha value is -3.49. The molecular formula is C30H26Cl2N4O3. The van der Waals surface area contributed by atoms with Crippen LogP contribution in [0.5, 0.6) is 0 Å². The number of rotatable bonds is 5. The van der Waals surface area contributed by atoms with Crippen LogP contribution in [0.15, 0.2) is 82.7 Å². The molecule has 1 unspecified atom stereocenters. The number of aromatic amines is 1. The normalized spacial score (nSPS) is 17.9. The zero-order valence-electron chi connectivity index (χ0n) is 21.1. The van der Waals surface area contributed by atoms with Gasteiger partial charge in [0, 0.05) is 46.0 Å². The fraction of sp³-hybridized carbons (Fsp3) is 0.233. The second kappa shape index (κ2) is 10.9. The third-order valence-electron chi connectivity index (χ3n) is 7.22. The molecule has 1 N–H and O–H groups in total. The highest BCUT2D eigenvalue weighted by molar-refractivity contribution is 6.32. The van der Waals surface area contributed by atoms with Gasteiger partial charge in [0.25, 0.3) is 11.5 Å². The summed E-state index contributed by atoms with van der Waals surface area (Å²) in [5, 5.41) is 8.24. The zero-order chi connectivity index (χ0) is 26.9. The van der Waals surface area contributed by atoms with E-state index in [2.05, 4.69) is 9.88 Å². The highest BCUT2D eigenvalue weighted by atomic mass is 35.5. The number of fused-ring (bicyclic) bond motifs is 1. The molecule has 1 aromatic heterocycles. The van der Waals surface area contributed by atoms with E-state index in [4.69, 9.17) is 33.0 Å². The van der Waals surface area contributed by atoms with Gasteiger partial charge in [0.2, 0.25) is 0 Å². The molecule has 2 aliphatic heterocycles. The van der Waals surface area contributed by atoms with Crippen LogP contribution in [-0.2, 0) is 9.53 Å². The summed E-state index contributed by atoms with van der Waals surface area (Å²) >= 11 is 13.0. The topological polar surface area (TPSA) is 78.0 Å². The molecule has 0 bridgehead atoms. The predicted molar refractivity (Wildman–Crippen MR) is 154 cm³/mol. The number of morpholine rings is 1. The summed E-state index contributed by atoms with van der Waals surface area (Å²) in [6.45, 7) is 2.74. The molecule has 0 radical (unpaired) electrons. The van der Waals surface area contributed by atoms with E-state index in [1.807, 2.05) is 54.6 Å². The van der Waals surface area contributed by atoms with Crippen molar-refractivity contribution in [3.63, 3.8) is 0 Å². The number of carbonyl (C=O) groups is 1. The second-order valence-corrected chi connectivity index (χ2v) is 10.5. The number of benzene rings is 3. The lowest BCUT2D eigenvalue weighted by molar-refractivity contribution is -0.135. The molecule has 1 amide bonds. The minimum absolute atomic E-state index is 0.154. The van der Waals surface area contributed by atoms with E-state index in [0.29, 0.717) is 59.6 Å². The predicted octanol–water partition coefficient (Wildman–Crippen LogP) is 5.51. The number of hydrazone groups is 1.